The van der Waals surface area contributed by atoms with Gasteiger partial charge in [0.15, 0.2) is 0 Å². The molecule has 3 rings (SSSR count). The molecule has 0 saturated heterocycles. The SMILES string of the molecule is CC(C)(C)OC(=O)CCC(=CF)COc1ccc(-c2nc3ccccc3[nH]2)cc1. The fourth-order valence-electron chi connectivity index (χ4n) is 2.79. The number of nitrogens with one attached hydrogen (secondary N) is 1. The Labute approximate surface area is 169 Å². The Balaban J connectivity index is 1.54. The molecule has 1 heterocycles. The van der Waals surface area contributed by atoms with E-state index in [0.717, 1.165) is 22.4 Å². The number of para-hydroxylation sites is 2. The zero-order valence-corrected chi connectivity index (χ0v) is 16.9. The third kappa shape index (κ3) is 5.91. The number of carbonyl (C=O) groups is 1. The van der Waals surface area contributed by atoms with Crippen LogP contribution in [0.1, 0.15) is 33.6 Å². The summed E-state index contributed by atoms with van der Waals surface area (Å²) in [6.45, 7) is 5.47. The Kier molecular flexibility index (Phi) is 6.32. The zero-order valence-electron chi connectivity index (χ0n) is 16.9. The molecule has 0 aliphatic rings. The molecule has 0 aliphatic carbocycles. The van der Waals surface area contributed by atoms with Gasteiger partial charge in [0.05, 0.1) is 17.4 Å². The molecule has 3 aromatic rings. The summed E-state index contributed by atoms with van der Waals surface area (Å²) in [4.78, 5) is 19.6. The smallest absolute Gasteiger partial charge is 0.306 e. The van der Waals surface area contributed by atoms with Crippen LogP contribution in [0, 0.1) is 0 Å². The van der Waals surface area contributed by atoms with Gasteiger partial charge in [-0.2, -0.15) is 0 Å². The molecule has 6 heteroatoms. The van der Waals surface area contributed by atoms with Gasteiger partial charge in [-0.25, -0.2) is 9.37 Å². The first-order valence-corrected chi connectivity index (χ1v) is 9.52. The number of H-pyrrole nitrogens is 1. The van der Waals surface area contributed by atoms with Crippen molar-refractivity contribution in [2.75, 3.05) is 6.61 Å². The molecule has 0 saturated carbocycles. The molecule has 0 amide bonds. The van der Waals surface area contributed by atoms with Crippen LogP contribution in [0.25, 0.3) is 22.4 Å². The van der Waals surface area contributed by atoms with E-state index in [0.29, 0.717) is 17.7 Å². The highest BCUT2D eigenvalue weighted by Gasteiger charge is 2.16. The van der Waals surface area contributed by atoms with E-state index in [2.05, 4.69) is 9.97 Å². The first-order valence-electron chi connectivity index (χ1n) is 9.52. The molecule has 1 N–H and O–H groups in total. The van der Waals surface area contributed by atoms with E-state index in [-0.39, 0.29) is 25.4 Å². The Hall–Kier alpha value is -3.15. The van der Waals surface area contributed by atoms with Crippen molar-refractivity contribution < 1.29 is 18.7 Å². The Morgan fingerprint density at radius 1 is 1.10 bits per heavy atom. The lowest BCUT2D eigenvalue weighted by molar-refractivity contribution is -0.154. The maximum Gasteiger partial charge on any atom is 0.306 e. The summed E-state index contributed by atoms with van der Waals surface area (Å²) in [5.41, 5.74) is 2.67. The second-order valence-electron chi connectivity index (χ2n) is 7.77. The first-order chi connectivity index (χ1) is 13.8. The standard InChI is InChI=1S/C23H25FN2O3/c1-23(2,3)29-21(27)13-8-16(14-24)15-28-18-11-9-17(10-12-18)22-25-19-6-4-5-7-20(19)26-22/h4-7,9-12,14H,8,13,15H2,1-3H3,(H,25,26). The van der Waals surface area contributed by atoms with Crippen LogP contribution in [0.15, 0.2) is 60.4 Å². The van der Waals surface area contributed by atoms with Gasteiger partial charge in [-0.05, 0) is 69.2 Å². The normalized spacial score (nSPS) is 12.2. The number of rotatable bonds is 7. The van der Waals surface area contributed by atoms with Gasteiger partial charge in [0.2, 0.25) is 0 Å². The van der Waals surface area contributed by atoms with Crippen molar-refractivity contribution in [1.82, 2.24) is 9.97 Å². The highest BCUT2D eigenvalue weighted by molar-refractivity contribution is 5.79. The van der Waals surface area contributed by atoms with E-state index in [1.807, 2.05) is 48.5 Å². The Morgan fingerprint density at radius 2 is 1.83 bits per heavy atom. The third-order valence-corrected chi connectivity index (χ3v) is 4.17. The van der Waals surface area contributed by atoms with Crippen LogP contribution in [-0.2, 0) is 9.53 Å². The average Bonchev–Trinajstić information content (AvgIpc) is 3.11. The topological polar surface area (TPSA) is 64.2 Å². The minimum atomic E-state index is -0.547. The lowest BCUT2D eigenvalue weighted by atomic mass is 10.1. The minimum absolute atomic E-state index is 0.0727. The predicted octanol–water partition coefficient (Wildman–Crippen LogP) is 5.58. The van der Waals surface area contributed by atoms with Crippen LogP contribution in [0.4, 0.5) is 4.39 Å². The molecule has 0 unspecified atom stereocenters. The highest BCUT2D eigenvalue weighted by atomic mass is 19.1. The largest absolute Gasteiger partial charge is 0.489 e. The van der Waals surface area contributed by atoms with Crippen LogP contribution in [0.5, 0.6) is 5.75 Å². The van der Waals surface area contributed by atoms with E-state index in [9.17, 15) is 9.18 Å². The van der Waals surface area contributed by atoms with Crippen molar-refractivity contribution >= 4 is 17.0 Å². The summed E-state index contributed by atoms with van der Waals surface area (Å²) in [5.74, 6) is 1.04. The summed E-state index contributed by atoms with van der Waals surface area (Å²) in [7, 11) is 0. The number of aromatic nitrogens is 2. The first kappa shape index (κ1) is 20.6. The fraction of sp³-hybridized carbons (Fsp3) is 0.304. The van der Waals surface area contributed by atoms with Gasteiger partial charge in [-0.15, -0.1) is 0 Å². The van der Waals surface area contributed by atoms with Gasteiger partial charge in [-0.1, -0.05) is 12.1 Å². The molecule has 0 bridgehead atoms. The summed E-state index contributed by atoms with van der Waals surface area (Å²) in [6, 6.07) is 15.3. The number of fused-ring (bicyclic) bond motifs is 1. The molecule has 0 atom stereocenters. The van der Waals surface area contributed by atoms with Gasteiger partial charge in [0.1, 0.15) is 23.8 Å². The van der Waals surface area contributed by atoms with E-state index < -0.39 is 5.60 Å². The van der Waals surface area contributed by atoms with Gasteiger partial charge < -0.3 is 14.5 Å². The number of carbonyl (C=O) groups excluding carboxylic acids is 1. The maximum atomic E-state index is 13.1. The van der Waals surface area contributed by atoms with E-state index in [1.165, 1.54) is 0 Å². The highest BCUT2D eigenvalue weighted by Crippen LogP contribution is 2.23. The van der Waals surface area contributed by atoms with E-state index in [4.69, 9.17) is 9.47 Å². The summed E-state index contributed by atoms with van der Waals surface area (Å²) >= 11 is 0. The van der Waals surface area contributed by atoms with Crippen LogP contribution in [0.3, 0.4) is 0 Å². The van der Waals surface area contributed by atoms with Crippen LogP contribution < -0.4 is 4.74 Å². The minimum Gasteiger partial charge on any atom is -0.489 e. The molecule has 0 spiro atoms. The fourth-order valence-corrected chi connectivity index (χ4v) is 2.79. The molecule has 0 aliphatic heterocycles. The quantitative estimate of drug-likeness (QED) is 0.529. The number of halogens is 1. The Morgan fingerprint density at radius 3 is 2.48 bits per heavy atom. The average molecular weight is 396 g/mol. The maximum absolute atomic E-state index is 13.1. The number of imidazole rings is 1. The second-order valence-corrected chi connectivity index (χ2v) is 7.77. The zero-order chi connectivity index (χ0) is 20.9. The van der Waals surface area contributed by atoms with Crippen molar-refractivity contribution in [3.63, 3.8) is 0 Å². The van der Waals surface area contributed by atoms with Crippen LogP contribution >= 0.6 is 0 Å². The Bertz CT molecular complexity index is 968. The number of esters is 1. The summed E-state index contributed by atoms with van der Waals surface area (Å²) < 4.78 is 24.0. The van der Waals surface area contributed by atoms with Gasteiger partial charge >= 0.3 is 5.97 Å². The molecule has 1 aromatic heterocycles. The van der Waals surface area contributed by atoms with Crippen molar-refractivity contribution in [2.45, 2.75) is 39.2 Å². The van der Waals surface area contributed by atoms with Crippen molar-refractivity contribution in [3.05, 3.63) is 60.4 Å². The molecule has 152 valence electrons. The van der Waals surface area contributed by atoms with Crippen LogP contribution in [0.2, 0.25) is 0 Å². The molecular weight excluding hydrogens is 371 g/mol. The number of hydrogen-bond donors (Lipinski definition) is 1. The third-order valence-electron chi connectivity index (χ3n) is 4.17. The van der Waals surface area contributed by atoms with E-state index in [1.54, 1.807) is 20.8 Å². The number of hydrogen-bond acceptors (Lipinski definition) is 4. The molecular formula is C23H25FN2O3. The van der Waals surface area contributed by atoms with Gasteiger partial charge in [0, 0.05) is 12.0 Å². The molecule has 0 fully saturated rings. The molecule has 5 nitrogen and oxygen atoms in total. The number of ether oxygens (including phenoxy) is 2. The molecule has 29 heavy (non-hydrogen) atoms. The van der Waals surface area contributed by atoms with Crippen molar-refractivity contribution in [1.29, 1.82) is 0 Å². The van der Waals surface area contributed by atoms with E-state index >= 15 is 0 Å². The lowest BCUT2D eigenvalue weighted by Gasteiger charge is -2.19. The lowest BCUT2D eigenvalue weighted by Crippen LogP contribution is -2.23. The number of benzene rings is 2. The molecule has 2 aromatic carbocycles. The second kappa shape index (κ2) is 8.90. The summed E-state index contributed by atoms with van der Waals surface area (Å²) in [6.07, 6.45) is 0.858. The number of aromatic amines is 1. The predicted molar refractivity (Wildman–Crippen MR) is 111 cm³/mol. The number of nitrogens with zero attached hydrogens (tertiary/aromatic N) is 1. The van der Waals surface area contributed by atoms with Gasteiger partial charge in [-0.3, -0.25) is 4.79 Å². The van der Waals surface area contributed by atoms with Crippen molar-refractivity contribution in [3.8, 4) is 17.1 Å². The summed E-state index contributed by atoms with van der Waals surface area (Å²) in [5, 5.41) is 0. The van der Waals surface area contributed by atoms with Gasteiger partial charge in [0.25, 0.3) is 0 Å². The monoisotopic (exact) mass is 396 g/mol. The van der Waals surface area contributed by atoms with Crippen LogP contribution in [-0.4, -0.2) is 28.1 Å². The molecule has 0 radical (unpaired) electrons. The van der Waals surface area contributed by atoms with Crippen molar-refractivity contribution in [2.24, 2.45) is 0 Å².